The maximum Gasteiger partial charge on any atom is 0.257 e. The molecular formula is C9H21NO3S. The summed E-state index contributed by atoms with van der Waals surface area (Å²) in [7, 11) is -2.70. The zero-order valence-corrected chi connectivity index (χ0v) is 9.89. The number of rotatable bonds is 9. The Hall–Kier alpha value is -0.130. The van der Waals surface area contributed by atoms with Gasteiger partial charge >= 0.3 is 0 Å². The fourth-order valence-corrected chi connectivity index (χ4v) is 1.48. The molecule has 5 heteroatoms. The van der Waals surface area contributed by atoms with E-state index in [0.29, 0.717) is 0 Å². The maximum absolute atomic E-state index is 10.1. The van der Waals surface area contributed by atoms with Crippen molar-refractivity contribution < 1.29 is 12.6 Å². The molecular weight excluding hydrogens is 202 g/mol. The molecule has 0 saturated carbocycles. The summed E-state index contributed by atoms with van der Waals surface area (Å²) < 4.78 is 24.7. The monoisotopic (exact) mass is 223 g/mol. The van der Waals surface area contributed by atoms with E-state index in [0.717, 1.165) is 13.0 Å². The number of hydrogen-bond donors (Lipinski definition) is 2. The normalized spacial score (nSPS) is 13.4. The third-order valence-electron chi connectivity index (χ3n) is 1.95. The summed E-state index contributed by atoms with van der Waals surface area (Å²) >= 11 is 0. The van der Waals surface area contributed by atoms with E-state index in [9.17, 15) is 8.42 Å². The highest BCUT2D eigenvalue weighted by atomic mass is 32.2. The summed E-state index contributed by atoms with van der Waals surface area (Å²) in [5, 5.41) is 3.20. The van der Waals surface area contributed by atoms with E-state index in [2.05, 4.69) is 16.4 Å². The van der Waals surface area contributed by atoms with Crippen molar-refractivity contribution in [2.24, 2.45) is 0 Å². The molecule has 14 heavy (non-hydrogen) atoms. The molecule has 0 aliphatic rings. The quantitative estimate of drug-likeness (QED) is 0.454. The number of hydrogen-bond acceptors (Lipinski definition) is 4. The highest BCUT2D eigenvalue weighted by Crippen LogP contribution is 1.97. The van der Waals surface area contributed by atoms with Gasteiger partial charge < -0.3 is 5.32 Å². The van der Waals surface area contributed by atoms with Crippen molar-refractivity contribution in [2.45, 2.75) is 45.6 Å². The molecule has 0 amide bonds. The molecule has 4 nitrogen and oxygen atoms in total. The standard InChI is InChI=1S/C9H21NO3S/c1-3-4-5-6-7-10-9(2)8-13-14(11)12/h9-10,14H,3-8H2,1-2H3. The van der Waals surface area contributed by atoms with Crippen LogP contribution in [0.4, 0.5) is 0 Å². The third kappa shape index (κ3) is 9.95. The van der Waals surface area contributed by atoms with Crippen LogP contribution in [0.5, 0.6) is 0 Å². The van der Waals surface area contributed by atoms with Gasteiger partial charge in [-0.05, 0) is 19.9 Å². The van der Waals surface area contributed by atoms with E-state index >= 15 is 0 Å². The molecule has 86 valence electrons. The first kappa shape index (κ1) is 13.9. The van der Waals surface area contributed by atoms with Crippen molar-refractivity contribution in [3.8, 4) is 0 Å². The molecule has 0 bridgehead atoms. The fraction of sp³-hybridized carbons (Fsp3) is 1.00. The number of thiol groups is 1. The first-order chi connectivity index (χ1) is 6.66. The minimum Gasteiger partial charge on any atom is -0.312 e. The van der Waals surface area contributed by atoms with Crippen molar-refractivity contribution in [1.82, 2.24) is 5.32 Å². The number of unbranched alkanes of at least 4 members (excludes halogenated alkanes) is 3. The summed E-state index contributed by atoms with van der Waals surface area (Å²) in [5.41, 5.74) is 0. The highest BCUT2D eigenvalue weighted by molar-refractivity contribution is 7.67. The topological polar surface area (TPSA) is 55.4 Å². The molecule has 0 aromatic carbocycles. The van der Waals surface area contributed by atoms with E-state index in [1.807, 2.05) is 6.92 Å². The van der Waals surface area contributed by atoms with Gasteiger partial charge in [0.05, 0.1) is 6.61 Å². The molecule has 0 aliphatic carbocycles. The van der Waals surface area contributed by atoms with E-state index in [1.165, 1.54) is 19.3 Å². The van der Waals surface area contributed by atoms with Gasteiger partial charge in [-0.1, -0.05) is 26.2 Å². The molecule has 0 heterocycles. The van der Waals surface area contributed by atoms with Crippen LogP contribution in [-0.2, 0) is 15.2 Å². The van der Waals surface area contributed by atoms with Crippen LogP contribution in [0.3, 0.4) is 0 Å². The molecule has 0 aromatic heterocycles. The minimum atomic E-state index is -2.70. The Labute approximate surface area is 88.2 Å². The fourth-order valence-electron chi connectivity index (χ4n) is 1.13. The highest BCUT2D eigenvalue weighted by Gasteiger charge is 2.00. The molecule has 0 spiro atoms. The van der Waals surface area contributed by atoms with Crippen molar-refractivity contribution in [3.05, 3.63) is 0 Å². The average molecular weight is 223 g/mol. The molecule has 0 radical (unpaired) electrons. The van der Waals surface area contributed by atoms with Crippen LogP contribution in [0.1, 0.15) is 39.5 Å². The van der Waals surface area contributed by atoms with Crippen molar-refractivity contribution in [3.63, 3.8) is 0 Å². The zero-order valence-electron chi connectivity index (χ0n) is 8.99. The molecule has 1 N–H and O–H groups in total. The van der Waals surface area contributed by atoms with Crippen LogP contribution in [-0.4, -0.2) is 27.6 Å². The second-order valence-electron chi connectivity index (χ2n) is 3.44. The molecule has 0 saturated heterocycles. The molecule has 0 rings (SSSR count). The van der Waals surface area contributed by atoms with Crippen LogP contribution in [0.25, 0.3) is 0 Å². The van der Waals surface area contributed by atoms with Gasteiger partial charge in [0, 0.05) is 6.04 Å². The van der Waals surface area contributed by atoms with E-state index < -0.39 is 11.0 Å². The van der Waals surface area contributed by atoms with Gasteiger partial charge in [0.15, 0.2) is 0 Å². The Morgan fingerprint density at radius 1 is 1.29 bits per heavy atom. The first-order valence-corrected chi connectivity index (χ1v) is 6.27. The molecule has 1 atom stereocenters. The summed E-state index contributed by atoms with van der Waals surface area (Å²) in [6, 6.07) is 0.101. The lowest BCUT2D eigenvalue weighted by atomic mass is 10.2. The van der Waals surface area contributed by atoms with Gasteiger partial charge in [-0.15, -0.1) is 0 Å². The van der Waals surface area contributed by atoms with Crippen LogP contribution < -0.4 is 5.32 Å². The summed E-state index contributed by atoms with van der Waals surface area (Å²) in [5.74, 6) is 0. The summed E-state index contributed by atoms with van der Waals surface area (Å²) in [6.07, 6.45) is 4.86. The molecule has 1 unspecified atom stereocenters. The first-order valence-electron chi connectivity index (χ1n) is 5.17. The van der Waals surface area contributed by atoms with Gasteiger partial charge in [-0.2, -0.15) is 0 Å². The van der Waals surface area contributed by atoms with Crippen LogP contribution in [0.2, 0.25) is 0 Å². The van der Waals surface area contributed by atoms with Gasteiger partial charge in [0.2, 0.25) is 0 Å². The molecule has 0 aromatic rings. The Balaban J connectivity index is 3.22. The van der Waals surface area contributed by atoms with Gasteiger partial charge in [0.25, 0.3) is 11.0 Å². The van der Waals surface area contributed by atoms with Crippen LogP contribution in [0.15, 0.2) is 0 Å². The lowest BCUT2D eigenvalue weighted by Crippen LogP contribution is -2.31. The van der Waals surface area contributed by atoms with E-state index in [4.69, 9.17) is 0 Å². The minimum absolute atomic E-state index is 0.101. The van der Waals surface area contributed by atoms with E-state index in [1.54, 1.807) is 0 Å². The largest absolute Gasteiger partial charge is 0.312 e. The lowest BCUT2D eigenvalue weighted by molar-refractivity contribution is 0.287. The Morgan fingerprint density at radius 3 is 2.57 bits per heavy atom. The van der Waals surface area contributed by atoms with Crippen molar-refractivity contribution in [2.75, 3.05) is 13.2 Å². The van der Waals surface area contributed by atoms with Crippen molar-refractivity contribution in [1.29, 1.82) is 0 Å². The number of nitrogens with one attached hydrogen (secondary N) is 1. The predicted molar refractivity (Wildman–Crippen MR) is 57.9 cm³/mol. The van der Waals surface area contributed by atoms with Gasteiger partial charge in [-0.3, -0.25) is 4.18 Å². The van der Waals surface area contributed by atoms with Crippen LogP contribution in [0, 0.1) is 0 Å². The molecule has 0 fully saturated rings. The Kier molecular flexibility index (Phi) is 9.34. The average Bonchev–Trinajstić information content (AvgIpc) is 2.14. The predicted octanol–water partition coefficient (Wildman–Crippen LogP) is 1.09. The van der Waals surface area contributed by atoms with Crippen molar-refractivity contribution >= 4 is 11.0 Å². The summed E-state index contributed by atoms with van der Waals surface area (Å²) in [6.45, 7) is 5.25. The summed E-state index contributed by atoms with van der Waals surface area (Å²) in [4.78, 5) is 0. The second kappa shape index (κ2) is 9.43. The Morgan fingerprint density at radius 2 is 2.00 bits per heavy atom. The smallest absolute Gasteiger partial charge is 0.257 e. The Bertz CT molecular complexity index is 186. The second-order valence-corrected chi connectivity index (χ2v) is 4.14. The SMILES string of the molecule is CCCCCCNC(C)CO[SH](=O)=O. The third-order valence-corrected chi connectivity index (χ3v) is 2.31. The zero-order chi connectivity index (χ0) is 10.8. The maximum atomic E-state index is 10.1. The van der Waals surface area contributed by atoms with Gasteiger partial charge in [0.1, 0.15) is 0 Å². The lowest BCUT2D eigenvalue weighted by Gasteiger charge is -2.11. The van der Waals surface area contributed by atoms with E-state index in [-0.39, 0.29) is 12.6 Å². The molecule has 0 aliphatic heterocycles. The van der Waals surface area contributed by atoms with Crippen LogP contribution >= 0.6 is 0 Å². The van der Waals surface area contributed by atoms with Gasteiger partial charge in [-0.25, -0.2) is 8.42 Å².